The van der Waals surface area contributed by atoms with Crippen molar-refractivity contribution in [1.82, 2.24) is 4.57 Å². The average molecular weight is 476 g/mol. The highest BCUT2D eigenvalue weighted by molar-refractivity contribution is 7.08. The Morgan fingerprint density at radius 1 is 1.12 bits per heavy atom. The number of carbonyl (C=O) groups is 1. The molecule has 2 aromatic carbocycles. The number of halogens is 1. The maximum atomic E-state index is 13.7. The monoisotopic (exact) mass is 475 g/mol. The number of anilines is 1. The number of benzene rings is 2. The minimum Gasteiger partial charge on any atom is -0.322 e. The Hall–Kier alpha value is -3.62. The fraction of sp³-hybridized carbons (Fsp3) is 0.0800. The molecule has 0 radical (unpaired) electrons. The van der Waals surface area contributed by atoms with E-state index in [2.05, 4.69) is 10.3 Å². The van der Waals surface area contributed by atoms with E-state index >= 15 is 0 Å². The van der Waals surface area contributed by atoms with Crippen LogP contribution in [0.15, 0.2) is 92.5 Å². The zero-order chi connectivity index (χ0) is 22.9. The first kappa shape index (κ1) is 21.2. The van der Waals surface area contributed by atoms with Gasteiger partial charge in [0.25, 0.3) is 11.5 Å². The van der Waals surface area contributed by atoms with Crippen LogP contribution in [0.1, 0.15) is 24.1 Å². The maximum Gasteiger partial charge on any atom is 0.271 e. The van der Waals surface area contributed by atoms with Gasteiger partial charge in [-0.2, -0.15) is 11.3 Å². The maximum absolute atomic E-state index is 13.7. The van der Waals surface area contributed by atoms with E-state index in [-0.39, 0.29) is 17.3 Å². The number of para-hydroxylation sites is 1. The summed E-state index contributed by atoms with van der Waals surface area (Å²) in [6.07, 6.45) is 1.82. The van der Waals surface area contributed by atoms with Crippen molar-refractivity contribution in [1.29, 1.82) is 0 Å². The summed E-state index contributed by atoms with van der Waals surface area (Å²) in [4.78, 5) is 32.0. The summed E-state index contributed by atoms with van der Waals surface area (Å²) in [7, 11) is 0. The second-order valence-corrected chi connectivity index (χ2v) is 9.30. The summed E-state index contributed by atoms with van der Waals surface area (Å²) in [6.45, 7) is 1.76. The number of thiazole rings is 1. The number of aromatic nitrogens is 1. The Morgan fingerprint density at radius 2 is 1.88 bits per heavy atom. The molecule has 1 aliphatic heterocycles. The topological polar surface area (TPSA) is 63.5 Å². The zero-order valence-electron chi connectivity index (χ0n) is 17.5. The molecule has 0 saturated heterocycles. The molecule has 164 valence electrons. The predicted molar refractivity (Wildman–Crippen MR) is 130 cm³/mol. The van der Waals surface area contributed by atoms with Gasteiger partial charge in [-0.05, 0) is 65.2 Å². The summed E-state index contributed by atoms with van der Waals surface area (Å²) in [5.74, 6) is -0.747. The fourth-order valence-corrected chi connectivity index (χ4v) is 5.47. The third-order valence-corrected chi connectivity index (χ3v) is 7.01. The number of carbonyl (C=O) groups excluding carboxylic acids is 1. The van der Waals surface area contributed by atoms with Crippen LogP contribution in [0.4, 0.5) is 10.1 Å². The van der Waals surface area contributed by atoms with Gasteiger partial charge in [-0.15, -0.1) is 0 Å². The van der Waals surface area contributed by atoms with E-state index in [4.69, 9.17) is 0 Å². The van der Waals surface area contributed by atoms with Gasteiger partial charge in [-0.1, -0.05) is 41.7 Å². The molecule has 0 spiro atoms. The van der Waals surface area contributed by atoms with Crippen LogP contribution in [-0.4, -0.2) is 10.5 Å². The Morgan fingerprint density at radius 3 is 2.58 bits per heavy atom. The number of thiophene rings is 1. The van der Waals surface area contributed by atoms with E-state index in [9.17, 15) is 14.0 Å². The molecule has 5 nitrogen and oxygen atoms in total. The number of nitrogens with zero attached hydrogens (tertiary/aromatic N) is 2. The average Bonchev–Trinajstić information content (AvgIpc) is 3.42. The van der Waals surface area contributed by atoms with Crippen molar-refractivity contribution in [2.45, 2.75) is 13.0 Å². The van der Waals surface area contributed by atoms with Crippen molar-refractivity contribution >= 4 is 40.3 Å². The van der Waals surface area contributed by atoms with Crippen LogP contribution in [0.2, 0.25) is 0 Å². The second-order valence-electron chi connectivity index (χ2n) is 7.51. The van der Waals surface area contributed by atoms with Crippen LogP contribution in [0, 0.1) is 5.82 Å². The van der Waals surface area contributed by atoms with Crippen LogP contribution in [0.3, 0.4) is 0 Å². The molecule has 5 rings (SSSR count). The summed E-state index contributed by atoms with van der Waals surface area (Å²) in [5, 5.41) is 6.80. The molecule has 2 aromatic heterocycles. The summed E-state index contributed by atoms with van der Waals surface area (Å²) in [6, 6.07) is 16.2. The van der Waals surface area contributed by atoms with E-state index < -0.39 is 6.04 Å². The summed E-state index contributed by atoms with van der Waals surface area (Å²) in [5.41, 5.74) is 2.82. The first-order valence-corrected chi connectivity index (χ1v) is 11.9. The molecule has 1 aliphatic rings. The molecule has 0 saturated carbocycles. The smallest absolute Gasteiger partial charge is 0.271 e. The van der Waals surface area contributed by atoms with Crippen molar-refractivity contribution in [3.05, 3.63) is 119 Å². The molecule has 3 heterocycles. The van der Waals surface area contributed by atoms with Gasteiger partial charge in [0, 0.05) is 5.69 Å². The Balaban J connectivity index is 1.68. The number of hydrogen-bond donors (Lipinski definition) is 1. The third-order valence-electron chi connectivity index (χ3n) is 5.32. The van der Waals surface area contributed by atoms with Crippen molar-refractivity contribution in [2.24, 2.45) is 4.99 Å². The quantitative estimate of drug-likeness (QED) is 0.484. The summed E-state index contributed by atoms with van der Waals surface area (Å²) < 4.78 is 15.7. The van der Waals surface area contributed by atoms with Gasteiger partial charge >= 0.3 is 0 Å². The predicted octanol–water partition coefficient (Wildman–Crippen LogP) is 4.07. The lowest BCUT2D eigenvalue weighted by Crippen LogP contribution is -2.40. The standard InChI is InChI=1S/C25H18FN3O2S2/c1-15-21(23(30)28-19-5-3-2-4-6-19)22(17-7-9-18(26)10-8-17)29-24(31)20(33-25(29)27-15)13-16-11-12-32-14-16/h2-14,22H,1H3,(H,28,30)/b20-13+/t22-/m1/s1. The SMILES string of the molecule is CC1=C(C(=O)Nc2ccccc2)[C@@H](c2ccc(F)cc2)n2c(s/c(=C/c3ccsc3)c2=O)=N1. The van der Waals surface area contributed by atoms with Gasteiger partial charge in [0.2, 0.25) is 0 Å². The first-order chi connectivity index (χ1) is 16.0. The fourth-order valence-electron chi connectivity index (χ4n) is 3.80. The van der Waals surface area contributed by atoms with Crippen LogP contribution in [0.5, 0.6) is 0 Å². The van der Waals surface area contributed by atoms with Crippen LogP contribution < -0.4 is 20.2 Å². The molecule has 1 amide bonds. The van der Waals surface area contributed by atoms with Crippen LogP contribution >= 0.6 is 22.7 Å². The number of fused-ring (bicyclic) bond motifs is 1. The molecule has 0 aliphatic carbocycles. The van der Waals surface area contributed by atoms with E-state index in [0.717, 1.165) is 5.56 Å². The number of hydrogen-bond acceptors (Lipinski definition) is 5. The molecule has 1 atom stereocenters. The van der Waals surface area contributed by atoms with E-state index in [1.807, 2.05) is 41.1 Å². The Bertz CT molecular complexity index is 1530. The molecular formula is C25H18FN3O2S2. The molecule has 0 unspecified atom stereocenters. The third kappa shape index (κ3) is 4.10. The van der Waals surface area contributed by atoms with Gasteiger partial charge < -0.3 is 5.32 Å². The van der Waals surface area contributed by atoms with Crippen molar-refractivity contribution < 1.29 is 9.18 Å². The minimum absolute atomic E-state index is 0.239. The van der Waals surface area contributed by atoms with E-state index in [1.54, 1.807) is 42.5 Å². The van der Waals surface area contributed by atoms with Crippen molar-refractivity contribution in [2.75, 3.05) is 5.32 Å². The highest BCUT2D eigenvalue weighted by Crippen LogP contribution is 2.30. The molecular weight excluding hydrogens is 457 g/mol. The van der Waals surface area contributed by atoms with Crippen LogP contribution in [0.25, 0.3) is 6.08 Å². The number of allylic oxidation sites excluding steroid dienone is 1. The van der Waals surface area contributed by atoms with Gasteiger partial charge in [0.05, 0.1) is 21.8 Å². The largest absolute Gasteiger partial charge is 0.322 e. The lowest BCUT2D eigenvalue weighted by molar-refractivity contribution is -0.113. The van der Waals surface area contributed by atoms with E-state index in [0.29, 0.717) is 31.9 Å². The molecule has 8 heteroatoms. The van der Waals surface area contributed by atoms with Crippen LogP contribution in [-0.2, 0) is 4.79 Å². The summed E-state index contributed by atoms with van der Waals surface area (Å²) >= 11 is 2.82. The molecule has 0 bridgehead atoms. The van der Waals surface area contributed by atoms with Gasteiger partial charge in [0.15, 0.2) is 4.80 Å². The second kappa shape index (κ2) is 8.73. The van der Waals surface area contributed by atoms with Crippen molar-refractivity contribution in [3.8, 4) is 0 Å². The van der Waals surface area contributed by atoms with Crippen molar-refractivity contribution in [3.63, 3.8) is 0 Å². The zero-order valence-corrected chi connectivity index (χ0v) is 19.1. The number of nitrogens with one attached hydrogen (secondary N) is 1. The Labute approximate surface area is 196 Å². The van der Waals surface area contributed by atoms with Gasteiger partial charge in [-0.3, -0.25) is 14.2 Å². The lowest BCUT2D eigenvalue weighted by atomic mass is 9.95. The van der Waals surface area contributed by atoms with Gasteiger partial charge in [0.1, 0.15) is 5.82 Å². The highest BCUT2D eigenvalue weighted by Gasteiger charge is 2.32. The Kier molecular flexibility index (Phi) is 5.62. The van der Waals surface area contributed by atoms with E-state index in [1.165, 1.54) is 28.0 Å². The molecule has 4 aromatic rings. The molecule has 33 heavy (non-hydrogen) atoms. The highest BCUT2D eigenvalue weighted by atomic mass is 32.1. The number of rotatable bonds is 4. The normalized spacial score (nSPS) is 15.8. The molecule has 1 N–H and O–H groups in total. The number of amides is 1. The molecule has 0 fully saturated rings. The lowest BCUT2D eigenvalue weighted by Gasteiger charge is -2.25. The minimum atomic E-state index is -0.727. The van der Waals surface area contributed by atoms with Gasteiger partial charge in [-0.25, -0.2) is 9.38 Å². The first-order valence-electron chi connectivity index (χ1n) is 10.2.